The zero-order valence-electron chi connectivity index (χ0n) is 12.2. The molecule has 0 radical (unpaired) electrons. The molecule has 1 fully saturated rings. The summed E-state index contributed by atoms with van der Waals surface area (Å²) in [6.45, 7) is 5.07. The quantitative estimate of drug-likeness (QED) is 0.826. The molecular formula is C15H18N2O4. The normalized spacial score (nSPS) is 21.8. The molecule has 1 aromatic rings. The summed E-state index contributed by atoms with van der Waals surface area (Å²) in [6.07, 6.45) is 0. The summed E-state index contributed by atoms with van der Waals surface area (Å²) in [7, 11) is 0. The van der Waals surface area contributed by atoms with E-state index in [0.717, 1.165) is 10.5 Å². The first-order chi connectivity index (χ1) is 9.75. The van der Waals surface area contributed by atoms with Gasteiger partial charge in [-0.05, 0) is 24.0 Å². The highest BCUT2D eigenvalue weighted by Crippen LogP contribution is 2.29. The number of imide groups is 1. The Kier molecular flexibility index (Phi) is 3.72. The smallest absolute Gasteiger partial charge is 0.325 e. The van der Waals surface area contributed by atoms with Gasteiger partial charge in [0.15, 0.2) is 0 Å². The van der Waals surface area contributed by atoms with Crippen LogP contribution in [0.3, 0.4) is 0 Å². The fraction of sp³-hybridized carbons (Fsp3) is 0.400. The first kappa shape index (κ1) is 15.0. The molecular weight excluding hydrogens is 272 g/mol. The number of carbonyl (C=O) groups excluding carboxylic acids is 2. The number of hydrogen-bond acceptors (Lipinski definition) is 3. The summed E-state index contributed by atoms with van der Waals surface area (Å²) in [6, 6.07) is 6.71. The Labute approximate surface area is 122 Å². The number of carbonyl (C=O) groups is 3. The molecule has 1 aliphatic rings. The molecule has 0 aliphatic carbocycles. The van der Waals surface area contributed by atoms with Crippen molar-refractivity contribution in [1.82, 2.24) is 10.2 Å². The van der Waals surface area contributed by atoms with Crippen molar-refractivity contribution in [2.24, 2.45) is 0 Å². The Morgan fingerprint density at radius 1 is 1.29 bits per heavy atom. The third-order valence-corrected chi connectivity index (χ3v) is 3.72. The van der Waals surface area contributed by atoms with E-state index in [0.29, 0.717) is 11.5 Å². The topological polar surface area (TPSA) is 86.7 Å². The van der Waals surface area contributed by atoms with Crippen molar-refractivity contribution in [3.8, 4) is 0 Å². The Morgan fingerprint density at radius 2 is 1.86 bits per heavy atom. The minimum Gasteiger partial charge on any atom is -0.480 e. The maximum atomic E-state index is 12.4. The average molecular weight is 290 g/mol. The van der Waals surface area contributed by atoms with E-state index in [-0.39, 0.29) is 0 Å². The van der Waals surface area contributed by atoms with Crippen LogP contribution in [0.5, 0.6) is 0 Å². The van der Waals surface area contributed by atoms with Crippen LogP contribution in [0.15, 0.2) is 24.3 Å². The van der Waals surface area contributed by atoms with Crippen molar-refractivity contribution in [3.63, 3.8) is 0 Å². The van der Waals surface area contributed by atoms with Crippen molar-refractivity contribution in [2.75, 3.05) is 6.54 Å². The van der Waals surface area contributed by atoms with Gasteiger partial charge in [0.25, 0.3) is 5.91 Å². The summed E-state index contributed by atoms with van der Waals surface area (Å²) in [4.78, 5) is 35.6. The van der Waals surface area contributed by atoms with Crippen LogP contribution in [-0.4, -0.2) is 34.5 Å². The van der Waals surface area contributed by atoms with Gasteiger partial charge < -0.3 is 10.4 Å². The third kappa shape index (κ3) is 2.61. The summed E-state index contributed by atoms with van der Waals surface area (Å²) < 4.78 is 0. The van der Waals surface area contributed by atoms with Crippen LogP contribution in [0.1, 0.15) is 37.8 Å². The van der Waals surface area contributed by atoms with Gasteiger partial charge in [0.1, 0.15) is 12.1 Å². The molecule has 21 heavy (non-hydrogen) atoms. The third-order valence-electron chi connectivity index (χ3n) is 3.72. The van der Waals surface area contributed by atoms with Crippen LogP contribution in [-0.2, 0) is 15.1 Å². The zero-order valence-corrected chi connectivity index (χ0v) is 12.2. The van der Waals surface area contributed by atoms with E-state index < -0.39 is 30.0 Å². The second-order valence-electron chi connectivity index (χ2n) is 5.62. The fourth-order valence-electron chi connectivity index (χ4n) is 2.37. The van der Waals surface area contributed by atoms with Crippen molar-refractivity contribution >= 4 is 17.9 Å². The monoisotopic (exact) mass is 290 g/mol. The van der Waals surface area contributed by atoms with Gasteiger partial charge >= 0.3 is 12.0 Å². The van der Waals surface area contributed by atoms with Gasteiger partial charge in [-0.1, -0.05) is 38.1 Å². The van der Waals surface area contributed by atoms with Gasteiger partial charge in [0, 0.05) is 0 Å². The van der Waals surface area contributed by atoms with Gasteiger partial charge in [0.2, 0.25) is 0 Å². The van der Waals surface area contributed by atoms with Crippen molar-refractivity contribution in [2.45, 2.75) is 32.2 Å². The Balaban J connectivity index is 2.32. The van der Waals surface area contributed by atoms with Crippen molar-refractivity contribution in [1.29, 1.82) is 0 Å². The number of urea groups is 1. The predicted molar refractivity (Wildman–Crippen MR) is 75.8 cm³/mol. The lowest BCUT2D eigenvalue weighted by atomic mass is 9.90. The van der Waals surface area contributed by atoms with Gasteiger partial charge in [-0.25, -0.2) is 4.79 Å². The summed E-state index contributed by atoms with van der Waals surface area (Å²) in [5.74, 6) is -1.41. The molecule has 2 N–H and O–H groups in total. The van der Waals surface area contributed by atoms with Gasteiger partial charge in [-0.3, -0.25) is 14.5 Å². The lowest BCUT2D eigenvalue weighted by molar-refractivity contribution is -0.142. The average Bonchev–Trinajstić information content (AvgIpc) is 2.63. The van der Waals surface area contributed by atoms with E-state index in [1.54, 1.807) is 19.1 Å². The van der Waals surface area contributed by atoms with Gasteiger partial charge in [0.05, 0.1) is 0 Å². The maximum Gasteiger partial charge on any atom is 0.325 e. The van der Waals surface area contributed by atoms with Crippen LogP contribution >= 0.6 is 0 Å². The molecule has 2 rings (SSSR count). The molecule has 0 spiro atoms. The lowest BCUT2D eigenvalue weighted by Crippen LogP contribution is -2.41. The van der Waals surface area contributed by atoms with Crippen molar-refractivity contribution < 1.29 is 19.5 Å². The van der Waals surface area contributed by atoms with E-state index in [2.05, 4.69) is 19.2 Å². The molecule has 0 saturated carbocycles. The molecule has 1 heterocycles. The Morgan fingerprint density at radius 3 is 2.33 bits per heavy atom. The summed E-state index contributed by atoms with van der Waals surface area (Å²) in [5.41, 5.74) is 0.543. The van der Waals surface area contributed by atoms with E-state index in [9.17, 15) is 14.4 Å². The van der Waals surface area contributed by atoms with Crippen LogP contribution in [0, 0.1) is 0 Å². The maximum absolute atomic E-state index is 12.4. The molecule has 1 aliphatic heterocycles. The van der Waals surface area contributed by atoms with E-state index in [1.807, 2.05) is 12.1 Å². The first-order valence-electron chi connectivity index (χ1n) is 6.72. The molecule has 1 atom stereocenters. The standard InChI is InChI=1S/C15H18N2O4/c1-9(2)10-4-6-11(7-5-10)15(3)13(20)17(8-12(18)19)14(21)16-15/h4-7,9H,8H2,1-3H3,(H,16,21)(H,18,19). The highest BCUT2D eigenvalue weighted by molar-refractivity contribution is 6.08. The second kappa shape index (κ2) is 5.20. The van der Waals surface area contributed by atoms with Crippen LogP contribution in [0.4, 0.5) is 4.79 Å². The number of amides is 3. The highest BCUT2D eigenvalue weighted by Gasteiger charge is 2.49. The summed E-state index contributed by atoms with van der Waals surface area (Å²) >= 11 is 0. The van der Waals surface area contributed by atoms with E-state index in [4.69, 9.17) is 5.11 Å². The van der Waals surface area contributed by atoms with E-state index in [1.165, 1.54) is 0 Å². The van der Waals surface area contributed by atoms with Crippen LogP contribution < -0.4 is 5.32 Å². The number of nitrogens with one attached hydrogen (secondary N) is 1. The number of carboxylic acids is 1. The molecule has 112 valence electrons. The number of benzene rings is 1. The highest BCUT2D eigenvalue weighted by atomic mass is 16.4. The molecule has 6 heteroatoms. The minimum absolute atomic E-state index is 0.365. The number of hydrogen-bond donors (Lipinski definition) is 2. The first-order valence-corrected chi connectivity index (χ1v) is 6.72. The second-order valence-corrected chi connectivity index (χ2v) is 5.62. The molecule has 1 saturated heterocycles. The minimum atomic E-state index is -1.22. The Bertz CT molecular complexity index is 594. The number of aliphatic carboxylic acids is 1. The van der Waals surface area contributed by atoms with E-state index >= 15 is 0 Å². The van der Waals surface area contributed by atoms with Gasteiger partial charge in [-0.2, -0.15) is 0 Å². The number of carboxylic acid groups (broad SMARTS) is 1. The van der Waals surface area contributed by atoms with Crippen LogP contribution in [0.2, 0.25) is 0 Å². The fourth-order valence-corrected chi connectivity index (χ4v) is 2.37. The van der Waals surface area contributed by atoms with Crippen LogP contribution in [0.25, 0.3) is 0 Å². The Hall–Kier alpha value is -2.37. The lowest BCUT2D eigenvalue weighted by Gasteiger charge is -2.22. The van der Waals surface area contributed by atoms with Gasteiger partial charge in [-0.15, -0.1) is 0 Å². The molecule has 6 nitrogen and oxygen atoms in total. The summed E-state index contributed by atoms with van der Waals surface area (Å²) in [5, 5.41) is 11.3. The largest absolute Gasteiger partial charge is 0.480 e. The molecule has 1 unspecified atom stereocenters. The molecule has 0 aromatic heterocycles. The zero-order chi connectivity index (χ0) is 15.8. The molecule has 3 amide bonds. The van der Waals surface area contributed by atoms with Crippen molar-refractivity contribution in [3.05, 3.63) is 35.4 Å². The molecule has 1 aromatic carbocycles. The SMILES string of the molecule is CC(C)c1ccc(C2(C)NC(=O)N(CC(=O)O)C2=O)cc1. The number of nitrogens with zero attached hydrogens (tertiary/aromatic N) is 1. The predicted octanol–water partition coefficient (Wildman–Crippen LogP) is 1.66. The molecule has 0 bridgehead atoms. The number of rotatable bonds is 4.